The zero-order chi connectivity index (χ0) is 15.9. The molecule has 0 aromatic rings. The summed E-state index contributed by atoms with van der Waals surface area (Å²) < 4.78 is 21.0. The average molecular weight is 304 g/mol. The van der Waals surface area contributed by atoms with Crippen molar-refractivity contribution in [3.63, 3.8) is 0 Å². The summed E-state index contributed by atoms with van der Waals surface area (Å²) in [6.45, 7) is 6.63. The van der Waals surface area contributed by atoms with Crippen molar-refractivity contribution in [2.45, 2.75) is 38.4 Å². The van der Waals surface area contributed by atoms with E-state index in [0.717, 1.165) is 6.42 Å². The summed E-state index contributed by atoms with van der Waals surface area (Å²) in [5.41, 5.74) is -0.950. The number of rotatable bonds is 5. The van der Waals surface area contributed by atoms with Crippen LogP contribution in [0.3, 0.4) is 0 Å². The van der Waals surface area contributed by atoms with Gasteiger partial charge in [-0.2, -0.15) is 0 Å². The summed E-state index contributed by atoms with van der Waals surface area (Å²) in [5.74, 6) is 0. The SMILES string of the molecule is CCC1(C)COC(C)(COC(=O)NCNC(=O)OC)CO1. The standard InChI is InChI=1S/C13H24N2O6/c1-5-12(2)7-21-13(3,8-20-12)6-19-11(17)15-9-14-10(16)18-4/h5-9H2,1-4H3,(H,14,16)(H,15,17). The molecule has 0 aliphatic carbocycles. The third-order valence-corrected chi connectivity index (χ3v) is 3.36. The quantitative estimate of drug-likeness (QED) is 0.736. The summed E-state index contributed by atoms with van der Waals surface area (Å²) in [4.78, 5) is 22.2. The fourth-order valence-electron chi connectivity index (χ4n) is 1.55. The second kappa shape index (κ2) is 7.46. The van der Waals surface area contributed by atoms with Crippen LogP contribution in [-0.2, 0) is 18.9 Å². The van der Waals surface area contributed by atoms with E-state index in [9.17, 15) is 9.59 Å². The molecule has 1 heterocycles. The Hall–Kier alpha value is -1.54. The summed E-state index contributed by atoms with van der Waals surface area (Å²) in [7, 11) is 1.24. The van der Waals surface area contributed by atoms with E-state index in [2.05, 4.69) is 15.4 Å². The van der Waals surface area contributed by atoms with Crippen LogP contribution >= 0.6 is 0 Å². The van der Waals surface area contributed by atoms with Crippen LogP contribution in [0, 0.1) is 0 Å². The molecule has 0 aromatic heterocycles. The highest BCUT2D eigenvalue weighted by molar-refractivity contribution is 5.69. The van der Waals surface area contributed by atoms with Crippen LogP contribution in [0.5, 0.6) is 0 Å². The lowest BCUT2D eigenvalue weighted by Gasteiger charge is -2.42. The van der Waals surface area contributed by atoms with E-state index in [1.807, 2.05) is 20.8 Å². The van der Waals surface area contributed by atoms with Crippen molar-refractivity contribution in [3.05, 3.63) is 0 Å². The Morgan fingerprint density at radius 2 is 1.67 bits per heavy atom. The van der Waals surface area contributed by atoms with Crippen molar-refractivity contribution in [1.29, 1.82) is 0 Å². The van der Waals surface area contributed by atoms with Gasteiger partial charge in [-0.05, 0) is 20.3 Å². The van der Waals surface area contributed by atoms with Gasteiger partial charge in [-0.25, -0.2) is 9.59 Å². The fraction of sp³-hybridized carbons (Fsp3) is 0.846. The predicted molar refractivity (Wildman–Crippen MR) is 73.9 cm³/mol. The molecule has 0 saturated carbocycles. The highest BCUT2D eigenvalue weighted by atomic mass is 16.6. The van der Waals surface area contributed by atoms with Crippen LogP contribution in [-0.4, -0.2) is 57.0 Å². The summed E-state index contributed by atoms with van der Waals surface area (Å²) in [6, 6.07) is 0. The van der Waals surface area contributed by atoms with E-state index in [-0.39, 0.29) is 18.9 Å². The molecule has 1 fully saturated rings. The molecule has 0 spiro atoms. The van der Waals surface area contributed by atoms with Crippen molar-refractivity contribution in [2.75, 3.05) is 33.6 Å². The van der Waals surface area contributed by atoms with Crippen LogP contribution in [0.25, 0.3) is 0 Å². The van der Waals surface area contributed by atoms with Crippen molar-refractivity contribution >= 4 is 12.2 Å². The lowest BCUT2D eigenvalue weighted by atomic mass is 10.00. The van der Waals surface area contributed by atoms with E-state index in [4.69, 9.17) is 14.2 Å². The molecular formula is C13H24N2O6. The highest BCUT2D eigenvalue weighted by Crippen LogP contribution is 2.27. The molecule has 1 aliphatic rings. The number of amides is 2. The van der Waals surface area contributed by atoms with E-state index < -0.39 is 17.8 Å². The maximum atomic E-state index is 11.5. The Labute approximate surface area is 124 Å². The topological polar surface area (TPSA) is 95.1 Å². The molecule has 2 unspecified atom stereocenters. The van der Waals surface area contributed by atoms with E-state index >= 15 is 0 Å². The molecule has 122 valence electrons. The minimum absolute atomic E-state index is 0.0663. The molecule has 2 N–H and O–H groups in total. The van der Waals surface area contributed by atoms with E-state index in [0.29, 0.717) is 13.2 Å². The molecule has 0 radical (unpaired) electrons. The van der Waals surface area contributed by atoms with Crippen molar-refractivity contribution in [2.24, 2.45) is 0 Å². The largest absolute Gasteiger partial charge is 0.453 e. The molecule has 8 nitrogen and oxygen atoms in total. The van der Waals surface area contributed by atoms with Crippen LogP contribution in [0.2, 0.25) is 0 Å². The Morgan fingerprint density at radius 3 is 2.19 bits per heavy atom. The molecule has 1 aliphatic heterocycles. The minimum atomic E-state index is -0.665. The molecule has 0 aromatic carbocycles. The van der Waals surface area contributed by atoms with E-state index in [1.165, 1.54) is 7.11 Å². The number of nitrogens with one attached hydrogen (secondary N) is 2. The molecule has 21 heavy (non-hydrogen) atoms. The number of carbonyl (C=O) groups is 2. The summed E-state index contributed by atoms with van der Waals surface area (Å²) >= 11 is 0. The normalized spacial score (nSPS) is 28.6. The molecule has 0 bridgehead atoms. The van der Waals surface area contributed by atoms with Crippen LogP contribution in [0.4, 0.5) is 9.59 Å². The van der Waals surface area contributed by atoms with Gasteiger partial charge in [-0.1, -0.05) is 6.92 Å². The first-order chi connectivity index (χ1) is 9.82. The minimum Gasteiger partial charge on any atom is -0.453 e. The smallest absolute Gasteiger partial charge is 0.408 e. The van der Waals surface area contributed by atoms with Crippen molar-refractivity contribution in [1.82, 2.24) is 10.6 Å². The average Bonchev–Trinajstić information content (AvgIpc) is 2.49. The van der Waals surface area contributed by atoms with Gasteiger partial charge in [0.1, 0.15) is 12.2 Å². The zero-order valence-electron chi connectivity index (χ0n) is 13.0. The highest BCUT2D eigenvalue weighted by Gasteiger charge is 2.39. The molecule has 1 saturated heterocycles. The van der Waals surface area contributed by atoms with Crippen LogP contribution < -0.4 is 10.6 Å². The first-order valence-corrected chi connectivity index (χ1v) is 6.83. The number of alkyl carbamates (subject to hydrolysis) is 2. The molecular weight excluding hydrogens is 280 g/mol. The Morgan fingerprint density at radius 1 is 1.10 bits per heavy atom. The van der Waals surface area contributed by atoms with Gasteiger partial charge in [0.05, 0.1) is 32.6 Å². The van der Waals surface area contributed by atoms with Gasteiger partial charge in [0.15, 0.2) is 0 Å². The number of hydrogen-bond acceptors (Lipinski definition) is 6. The van der Waals surface area contributed by atoms with Crippen LogP contribution in [0.15, 0.2) is 0 Å². The monoisotopic (exact) mass is 304 g/mol. The van der Waals surface area contributed by atoms with Crippen molar-refractivity contribution < 1.29 is 28.5 Å². The third kappa shape index (κ3) is 5.76. The maximum absolute atomic E-state index is 11.5. The molecule has 8 heteroatoms. The van der Waals surface area contributed by atoms with Gasteiger partial charge in [-0.3, -0.25) is 0 Å². The predicted octanol–water partition coefficient (Wildman–Crippen LogP) is 1.00. The van der Waals surface area contributed by atoms with Gasteiger partial charge in [0.25, 0.3) is 0 Å². The lowest BCUT2D eigenvalue weighted by Crippen LogP contribution is -2.53. The van der Waals surface area contributed by atoms with Gasteiger partial charge in [0, 0.05) is 0 Å². The third-order valence-electron chi connectivity index (χ3n) is 3.36. The maximum Gasteiger partial charge on any atom is 0.408 e. The first kappa shape index (κ1) is 17.5. The number of hydrogen-bond donors (Lipinski definition) is 2. The van der Waals surface area contributed by atoms with Gasteiger partial charge in [0.2, 0.25) is 0 Å². The number of methoxy groups -OCH3 is 1. The Balaban J connectivity index is 2.25. The lowest BCUT2D eigenvalue weighted by molar-refractivity contribution is -0.233. The second-order valence-corrected chi connectivity index (χ2v) is 5.43. The molecule has 2 atom stereocenters. The summed E-state index contributed by atoms with van der Waals surface area (Å²) in [5, 5.41) is 4.66. The summed E-state index contributed by atoms with van der Waals surface area (Å²) in [6.07, 6.45) is -0.436. The number of ether oxygens (including phenoxy) is 4. The zero-order valence-corrected chi connectivity index (χ0v) is 13.0. The first-order valence-electron chi connectivity index (χ1n) is 6.83. The van der Waals surface area contributed by atoms with Crippen LogP contribution in [0.1, 0.15) is 27.2 Å². The van der Waals surface area contributed by atoms with Crippen molar-refractivity contribution in [3.8, 4) is 0 Å². The fourth-order valence-corrected chi connectivity index (χ4v) is 1.55. The number of carbonyl (C=O) groups excluding carboxylic acids is 2. The molecule has 1 rings (SSSR count). The van der Waals surface area contributed by atoms with E-state index in [1.54, 1.807) is 0 Å². The Kier molecular flexibility index (Phi) is 6.22. The van der Waals surface area contributed by atoms with Gasteiger partial charge in [-0.15, -0.1) is 0 Å². The Bertz CT molecular complexity index is 366. The van der Waals surface area contributed by atoms with Gasteiger partial charge >= 0.3 is 12.2 Å². The van der Waals surface area contributed by atoms with Gasteiger partial charge < -0.3 is 29.6 Å². The second-order valence-electron chi connectivity index (χ2n) is 5.43. The molecule has 2 amide bonds.